The van der Waals surface area contributed by atoms with Crippen LogP contribution >= 0.6 is 0 Å². The van der Waals surface area contributed by atoms with Gasteiger partial charge in [-0.25, -0.2) is 4.98 Å². The van der Waals surface area contributed by atoms with E-state index in [0.29, 0.717) is 41.0 Å². The number of methoxy groups -OCH3 is 1. The SMILES string of the molecule is COc1cc(C#N)ccc1C1C(C(N)=O)=C(C)Nc2c(C)c(C)nc(OCC3CC3)c21. The lowest BCUT2D eigenvalue weighted by Gasteiger charge is -2.33. The molecule has 1 unspecified atom stereocenters. The second kappa shape index (κ2) is 7.95. The molecule has 2 aromatic rings. The summed E-state index contributed by atoms with van der Waals surface area (Å²) >= 11 is 0. The Bertz CT molecular complexity index is 1140. The molecule has 1 amide bonds. The summed E-state index contributed by atoms with van der Waals surface area (Å²) in [4.78, 5) is 17.3. The van der Waals surface area contributed by atoms with Crippen LogP contribution in [0.5, 0.6) is 11.6 Å². The molecule has 7 heteroatoms. The van der Waals surface area contributed by atoms with Crippen LogP contribution < -0.4 is 20.5 Å². The van der Waals surface area contributed by atoms with Crippen molar-refractivity contribution in [3.63, 3.8) is 0 Å². The smallest absolute Gasteiger partial charge is 0.247 e. The Kier molecular flexibility index (Phi) is 5.32. The van der Waals surface area contributed by atoms with Crippen molar-refractivity contribution in [1.82, 2.24) is 4.98 Å². The van der Waals surface area contributed by atoms with Crippen molar-refractivity contribution in [2.24, 2.45) is 11.7 Å². The standard InChI is InChI=1S/C24H26N4O3/c1-12-13(2)28-24(31-11-15-5-6-15)21-20(19(23(26)29)14(3)27-22(12)21)17-8-7-16(10-25)9-18(17)30-4/h7-9,15,20,27H,5-6,11H2,1-4H3,(H2,26,29). The van der Waals surface area contributed by atoms with E-state index in [1.807, 2.05) is 26.8 Å². The van der Waals surface area contributed by atoms with Crippen LogP contribution in [0.4, 0.5) is 5.69 Å². The molecule has 1 aromatic heterocycles. The fourth-order valence-corrected chi connectivity index (χ4v) is 4.08. The van der Waals surface area contributed by atoms with Crippen LogP contribution in [0.15, 0.2) is 29.5 Å². The maximum atomic E-state index is 12.6. The Hall–Kier alpha value is -3.53. The number of fused-ring (bicyclic) bond motifs is 1. The number of hydrogen-bond donors (Lipinski definition) is 2. The van der Waals surface area contributed by atoms with Gasteiger partial charge in [-0.2, -0.15) is 5.26 Å². The molecule has 0 saturated heterocycles. The van der Waals surface area contributed by atoms with Gasteiger partial charge in [0.05, 0.1) is 42.5 Å². The number of nitrogens with two attached hydrogens (primary N) is 1. The van der Waals surface area contributed by atoms with Crippen LogP contribution in [0, 0.1) is 31.1 Å². The Balaban J connectivity index is 1.98. The summed E-state index contributed by atoms with van der Waals surface area (Å²) < 4.78 is 11.8. The molecule has 2 aliphatic rings. The first-order chi connectivity index (χ1) is 14.8. The van der Waals surface area contributed by atoms with Crippen molar-refractivity contribution in [3.8, 4) is 17.7 Å². The van der Waals surface area contributed by atoms with Gasteiger partial charge in [0.25, 0.3) is 0 Å². The number of amides is 1. The van der Waals surface area contributed by atoms with Gasteiger partial charge >= 0.3 is 0 Å². The number of primary amides is 1. The number of allylic oxidation sites excluding steroid dienone is 1. The van der Waals surface area contributed by atoms with Crippen molar-refractivity contribution < 1.29 is 14.3 Å². The minimum absolute atomic E-state index is 0.428. The van der Waals surface area contributed by atoms with Gasteiger partial charge < -0.3 is 20.5 Å². The van der Waals surface area contributed by atoms with E-state index in [2.05, 4.69) is 11.4 Å². The van der Waals surface area contributed by atoms with E-state index in [9.17, 15) is 10.1 Å². The molecule has 1 aromatic carbocycles. The van der Waals surface area contributed by atoms with E-state index in [1.165, 1.54) is 0 Å². The third-order valence-corrected chi connectivity index (χ3v) is 6.07. The predicted octanol–water partition coefficient (Wildman–Crippen LogP) is 3.68. The lowest BCUT2D eigenvalue weighted by molar-refractivity contribution is -0.114. The van der Waals surface area contributed by atoms with Crippen molar-refractivity contribution in [3.05, 3.63) is 57.4 Å². The van der Waals surface area contributed by atoms with Crippen molar-refractivity contribution >= 4 is 11.6 Å². The quantitative estimate of drug-likeness (QED) is 0.740. The number of benzene rings is 1. The molecular weight excluding hydrogens is 392 g/mol. The van der Waals surface area contributed by atoms with E-state index in [1.54, 1.807) is 19.2 Å². The number of nitrogens with one attached hydrogen (secondary N) is 1. The zero-order valence-electron chi connectivity index (χ0n) is 18.2. The van der Waals surface area contributed by atoms with Crippen LogP contribution in [0.25, 0.3) is 0 Å². The number of nitriles is 1. The summed E-state index contributed by atoms with van der Waals surface area (Å²) in [6, 6.07) is 7.33. The highest BCUT2D eigenvalue weighted by molar-refractivity contribution is 5.98. The number of carbonyl (C=O) groups excluding carboxylic acids is 1. The molecular formula is C24H26N4O3. The molecule has 4 rings (SSSR count). The molecule has 160 valence electrons. The number of pyridine rings is 1. The van der Waals surface area contributed by atoms with Gasteiger partial charge in [0.1, 0.15) is 5.75 Å². The van der Waals surface area contributed by atoms with Crippen molar-refractivity contribution in [2.45, 2.75) is 39.5 Å². The lowest BCUT2D eigenvalue weighted by atomic mass is 9.79. The fourth-order valence-electron chi connectivity index (χ4n) is 4.08. The summed E-state index contributed by atoms with van der Waals surface area (Å²) in [6.07, 6.45) is 2.31. The maximum absolute atomic E-state index is 12.6. The molecule has 2 heterocycles. The Morgan fingerprint density at radius 3 is 2.68 bits per heavy atom. The summed E-state index contributed by atoms with van der Waals surface area (Å²) in [5, 5.41) is 12.7. The zero-order chi connectivity index (χ0) is 22.3. The summed E-state index contributed by atoms with van der Waals surface area (Å²) in [5.74, 6) is 0.497. The zero-order valence-corrected chi connectivity index (χ0v) is 18.2. The van der Waals surface area contributed by atoms with Crippen LogP contribution in [-0.2, 0) is 4.79 Å². The molecule has 0 spiro atoms. The van der Waals surface area contributed by atoms with Crippen LogP contribution in [0.3, 0.4) is 0 Å². The van der Waals surface area contributed by atoms with Crippen LogP contribution in [-0.4, -0.2) is 24.6 Å². The molecule has 1 aliphatic carbocycles. The molecule has 0 radical (unpaired) electrons. The van der Waals surface area contributed by atoms with Gasteiger partial charge in [-0.3, -0.25) is 4.79 Å². The number of anilines is 1. The molecule has 3 N–H and O–H groups in total. The van der Waals surface area contributed by atoms with E-state index < -0.39 is 11.8 Å². The summed E-state index contributed by atoms with van der Waals surface area (Å²) in [5.41, 5.74) is 11.6. The van der Waals surface area contributed by atoms with Gasteiger partial charge in [-0.1, -0.05) is 6.07 Å². The van der Waals surface area contributed by atoms with Gasteiger partial charge in [0.15, 0.2) is 0 Å². The van der Waals surface area contributed by atoms with Crippen LogP contribution in [0.1, 0.15) is 53.6 Å². The highest BCUT2D eigenvalue weighted by Crippen LogP contribution is 2.49. The molecule has 0 bridgehead atoms. The van der Waals surface area contributed by atoms with Gasteiger partial charge in [-0.05, 0) is 57.2 Å². The normalized spacial score (nSPS) is 17.5. The highest BCUT2D eigenvalue weighted by atomic mass is 16.5. The lowest BCUT2D eigenvalue weighted by Crippen LogP contribution is -2.29. The first-order valence-corrected chi connectivity index (χ1v) is 10.3. The number of hydrogen-bond acceptors (Lipinski definition) is 6. The molecule has 1 saturated carbocycles. The largest absolute Gasteiger partial charge is 0.496 e. The number of rotatable bonds is 6. The average Bonchev–Trinajstić information content (AvgIpc) is 3.58. The molecule has 31 heavy (non-hydrogen) atoms. The molecule has 1 atom stereocenters. The number of aryl methyl sites for hydroxylation is 1. The summed E-state index contributed by atoms with van der Waals surface area (Å²) in [6.45, 7) is 6.37. The second-order valence-corrected chi connectivity index (χ2v) is 8.20. The minimum Gasteiger partial charge on any atom is -0.496 e. The third kappa shape index (κ3) is 3.70. The molecule has 7 nitrogen and oxygen atoms in total. The van der Waals surface area contributed by atoms with E-state index in [4.69, 9.17) is 20.2 Å². The highest BCUT2D eigenvalue weighted by Gasteiger charge is 2.38. The Morgan fingerprint density at radius 2 is 2.06 bits per heavy atom. The third-order valence-electron chi connectivity index (χ3n) is 6.07. The average molecular weight is 418 g/mol. The fraction of sp³-hybridized carbons (Fsp3) is 0.375. The minimum atomic E-state index is -0.530. The molecule has 1 aliphatic heterocycles. The van der Waals surface area contributed by atoms with E-state index in [0.717, 1.165) is 40.9 Å². The summed E-state index contributed by atoms with van der Waals surface area (Å²) in [7, 11) is 1.55. The second-order valence-electron chi connectivity index (χ2n) is 8.20. The topological polar surface area (TPSA) is 110 Å². The molecule has 1 fully saturated rings. The Labute approximate surface area is 181 Å². The predicted molar refractivity (Wildman–Crippen MR) is 117 cm³/mol. The monoisotopic (exact) mass is 418 g/mol. The van der Waals surface area contributed by atoms with Gasteiger partial charge in [0.2, 0.25) is 11.8 Å². The Morgan fingerprint density at radius 1 is 1.32 bits per heavy atom. The first-order valence-electron chi connectivity index (χ1n) is 10.3. The van der Waals surface area contributed by atoms with Gasteiger partial charge in [-0.15, -0.1) is 0 Å². The van der Waals surface area contributed by atoms with Crippen molar-refractivity contribution in [1.29, 1.82) is 5.26 Å². The maximum Gasteiger partial charge on any atom is 0.247 e. The van der Waals surface area contributed by atoms with Gasteiger partial charge in [0, 0.05) is 22.5 Å². The number of nitrogens with zero attached hydrogens (tertiary/aromatic N) is 2. The number of carbonyl (C=O) groups is 1. The number of aromatic nitrogens is 1. The number of ether oxygens (including phenoxy) is 2. The first kappa shape index (κ1) is 20.7. The van der Waals surface area contributed by atoms with E-state index in [-0.39, 0.29) is 0 Å². The van der Waals surface area contributed by atoms with Crippen LogP contribution in [0.2, 0.25) is 0 Å². The van der Waals surface area contributed by atoms with Crippen molar-refractivity contribution in [2.75, 3.05) is 19.0 Å². The van der Waals surface area contributed by atoms with E-state index >= 15 is 0 Å².